The van der Waals surface area contributed by atoms with Crippen LogP contribution in [-0.2, 0) is 6.54 Å². The Kier molecular flexibility index (Phi) is 3.73. The molecule has 0 aliphatic carbocycles. The molecule has 2 aromatic heterocycles. The number of aryl methyl sites for hydroxylation is 2. The van der Waals surface area contributed by atoms with Crippen LogP contribution in [-0.4, -0.2) is 20.6 Å². The summed E-state index contributed by atoms with van der Waals surface area (Å²) in [4.78, 5) is 27.7. The van der Waals surface area contributed by atoms with E-state index in [0.717, 1.165) is 11.1 Å². The number of fused-ring (bicyclic) bond motifs is 1. The van der Waals surface area contributed by atoms with Crippen molar-refractivity contribution in [3.8, 4) is 11.3 Å². The Morgan fingerprint density at radius 2 is 2.17 bits per heavy atom. The lowest BCUT2D eigenvalue weighted by Crippen LogP contribution is -2.19. The number of carboxylic acids is 1. The molecule has 0 fully saturated rings. The minimum Gasteiger partial charge on any atom is -0.477 e. The summed E-state index contributed by atoms with van der Waals surface area (Å²) in [5.41, 5.74) is 0.244. The van der Waals surface area contributed by atoms with Gasteiger partial charge < -0.3 is 9.67 Å². The van der Waals surface area contributed by atoms with Gasteiger partial charge in [0.05, 0.1) is 16.2 Å². The number of aromatic carboxylic acids is 1. The molecule has 0 unspecified atom stereocenters. The van der Waals surface area contributed by atoms with Gasteiger partial charge in [0.15, 0.2) is 0 Å². The molecule has 0 bridgehead atoms. The van der Waals surface area contributed by atoms with Gasteiger partial charge in [0.25, 0.3) is 0 Å². The predicted molar refractivity (Wildman–Crippen MR) is 86.6 cm³/mol. The van der Waals surface area contributed by atoms with Crippen LogP contribution in [0, 0.1) is 12.7 Å². The first-order chi connectivity index (χ1) is 10.9. The minimum atomic E-state index is -1.32. The van der Waals surface area contributed by atoms with Crippen LogP contribution in [0.2, 0.25) is 0 Å². The number of carbonyl (C=O) groups is 1. The Hall–Kier alpha value is -2.54. The summed E-state index contributed by atoms with van der Waals surface area (Å²) < 4.78 is 16.1. The molecule has 3 aromatic rings. The molecule has 0 aliphatic rings. The summed E-state index contributed by atoms with van der Waals surface area (Å²) in [6, 6.07) is 2.65. The van der Waals surface area contributed by atoms with E-state index in [2.05, 4.69) is 4.98 Å². The molecule has 1 N–H and O–H groups in total. The number of hydrogen-bond donors (Lipinski definition) is 1. The normalized spacial score (nSPS) is 11.1. The maximum atomic E-state index is 14.4. The third-order valence-corrected chi connectivity index (χ3v) is 4.41. The molecule has 0 aliphatic heterocycles. The van der Waals surface area contributed by atoms with Crippen LogP contribution in [0.4, 0.5) is 4.39 Å². The number of hydrogen-bond acceptors (Lipinski definition) is 4. The molecule has 7 heteroatoms. The first kappa shape index (κ1) is 15.4. The predicted octanol–water partition coefficient (Wildman–Crippen LogP) is 3.29. The Balaban J connectivity index is 2.38. The summed E-state index contributed by atoms with van der Waals surface area (Å²) in [5.74, 6) is -1.91. The Labute approximate surface area is 134 Å². The third kappa shape index (κ3) is 2.53. The number of nitrogens with zero attached hydrogens (tertiary/aromatic N) is 2. The van der Waals surface area contributed by atoms with Crippen LogP contribution < -0.4 is 5.43 Å². The Bertz CT molecular complexity index is 991. The molecular weight excluding hydrogens is 319 g/mol. The summed E-state index contributed by atoms with van der Waals surface area (Å²) in [5, 5.41) is 11.8. The number of carboxylic acid groups (broad SMARTS) is 1. The topological polar surface area (TPSA) is 72.2 Å². The first-order valence-corrected chi connectivity index (χ1v) is 7.82. The van der Waals surface area contributed by atoms with Crippen molar-refractivity contribution in [3.63, 3.8) is 0 Å². The van der Waals surface area contributed by atoms with E-state index in [9.17, 15) is 14.0 Å². The van der Waals surface area contributed by atoms with Crippen molar-refractivity contribution < 1.29 is 14.3 Å². The highest BCUT2D eigenvalue weighted by molar-refractivity contribution is 7.09. The van der Waals surface area contributed by atoms with Crippen molar-refractivity contribution in [2.75, 3.05) is 0 Å². The molecule has 3 rings (SSSR count). The summed E-state index contributed by atoms with van der Waals surface area (Å²) >= 11 is 1.41. The Morgan fingerprint density at radius 3 is 2.74 bits per heavy atom. The number of aromatic nitrogens is 2. The minimum absolute atomic E-state index is 0.0555. The fourth-order valence-electron chi connectivity index (χ4n) is 2.51. The third-order valence-electron chi connectivity index (χ3n) is 3.64. The van der Waals surface area contributed by atoms with Gasteiger partial charge in [0.1, 0.15) is 11.4 Å². The largest absolute Gasteiger partial charge is 0.477 e. The molecular formula is C16H13FN2O3S. The molecule has 0 spiro atoms. The van der Waals surface area contributed by atoms with Crippen molar-refractivity contribution in [2.45, 2.75) is 20.4 Å². The van der Waals surface area contributed by atoms with Crippen molar-refractivity contribution in [3.05, 3.63) is 50.3 Å². The van der Waals surface area contributed by atoms with E-state index in [-0.39, 0.29) is 10.9 Å². The molecule has 118 valence electrons. The first-order valence-electron chi connectivity index (χ1n) is 6.95. The van der Waals surface area contributed by atoms with Gasteiger partial charge in [-0.3, -0.25) is 4.79 Å². The van der Waals surface area contributed by atoms with Gasteiger partial charge in [-0.25, -0.2) is 14.2 Å². The number of benzene rings is 1. The van der Waals surface area contributed by atoms with E-state index in [4.69, 9.17) is 5.11 Å². The molecule has 0 radical (unpaired) electrons. The molecule has 0 atom stereocenters. The second-order valence-electron chi connectivity index (χ2n) is 5.06. The zero-order chi connectivity index (χ0) is 16.7. The van der Waals surface area contributed by atoms with E-state index < -0.39 is 17.2 Å². The second kappa shape index (κ2) is 5.58. The van der Waals surface area contributed by atoms with Gasteiger partial charge in [-0.05, 0) is 26.0 Å². The summed E-state index contributed by atoms with van der Waals surface area (Å²) in [7, 11) is 0. The van der Waals surface area contributed by atoms with Gasteiger partial charge in [0.2, 0.25) is 5.43 Å². The zero-order valence-electron chi connectivity index (χ0n) is 12.5. The highest BCUT2D eigenvalue weighted by atomic mass is 32.1. The van der Waals surface area contributed by atoms with Gasteiger partial charge >= 0.3 is 5.97 Å². The van der Waals surface area contributed by atoms with E-state index in [1.54, 1.807) is 16.0 Å². The van der Waals surface area contributed by atoms with E-state index in [0.29, 0.717) is 23.3 Å². The number of thiazole rings is 1. The average Bonchev–Trinajstić information content (AvgIpc) is 2.93. The number of pyridine rings is 1. The monoisotopic (exact) mass is 332 g/mol. The van der Waals surface area contributed by atoms with Crippen LogP contribution >= 0.6 is 11.3 Å². The number of halogens is 1. The van der Waals surface area contributed by atoms with Gasteiger partial charge in [-0.1, -0.05) is 0 Å². The lowest BCUT2D eigenvalue weighted by atomic mass is 10.1. The molecule has 0 saturated carbocycles. The molecule has 0 saturated heterocycles. The van der Waals surface area contributed by atoms with Gasteiger partial charge in [-0.2, -0.15) is 0 Å². The summed E-state index contributed by atoms with van der Waals surface area (Å²) in [6.07, 6.45) is 1.29. The van der Waals surface area contributed by atoms with Crippen molar-refractivity contribution >= 4 is 28.2 Å². The van der Waals surface area contributed by atoms with Crippen molar-refractivity contribution in [1.82, 2.24) is 9.55 Å². The van der Waals surface area contributed by atoms with E-state index in [1.807, 2.05) is 13.8 Å². The lowest BCUT2D eigenvalue weighted by molar-refractivity contribution is 0.0695. The molecule has 23 heavy (non-hydrogen) atoms. The maximum absolute atomic E-state index is 14.4. The lowest BCUT2D eigenvalue weighted by Gasteiger charge is -2.11. The molecule has 2 heterocycles. The zero-order valence-corrected chi connectivity index (χ0v) is 13.3. The van der Waals surface area contributed by atoms with E-state index in [1.165, 1.54) is 17.5 Å². The SMILES string of the molecule is CCn1cc(C(=O)O)c(=O)c2cc(F)c(-c3csc(C)n3)cc21. The van der Waals surface area contributed by atoms with Crippen molar-refractivity contribution in [2.24, 2.45) is 0 Å². The molecule has 0 amide bonds. The van der Waals surface area contributed by atoms with Crippen LogP contribution in [0.3, 0.4) is 0 Å². The van der Waals surface area contributed by atoms with Crippen LogP contribution in [0.1, 0.15) is 22.3 Å². The standard InChI is InChI=1S/C16H13FN2O3S/c1-3-19-6-11(16(21)22)15(20)10-4-12(17)9(5-14(10)19)13-7-23-8(2)18-13/h4-7H,3H2,1-2H3,(H,21,22). The fraction of sp³-hybridized carbons (Fsp3) is 0.188. The highest BCUT2D eigenvalue weighted by Gasteiger charge is 2.18. The fourth-order valence-corrected chi connectivity index (χ4v) is 3.12. The second-order valence-corrected chi connectivity index (χ2v) is 6.13. The van der Waals surface area contributed by atoms with Gasteiger partial charge in [0, 0.05) is 29.1 Å². The quantitative estimate of drug-likeness (QED) is 0.799. The van der Waals surface area contributed by atoms with E-state index >= 15 is 0 Å². The van der Waals surface area contributed by atoms with Gasteiger partial charge in [-0.15, -0.1) is 11.3 Å². The highest BCUT2D eigenvalue weighted by Crippen LogP contribution is 2.28. The van der Waals surface area contributed by atoms with Crippen LogP contribution in [0.5, 0.6) is 0 Å². The molecule has 1 aromatic carbocycles. The smallest absolute Gasteiger partial charge is 0.341 e. The molecule has 5 nitrogen and oxygen atoms in total. The number of rotatable bonds is 3. The van der Waals surface area contributed by atoms with Crippen LogP contribution in [0.25, 0.3) is 22.2 Å². The average molecular weight is 332 g/mol. The van der Waals surface area contributed by atoms with Crippen molar-refractivity contribution in [1.29, 1.82) is 0 Å². The Morgan fingerprint density at radius 1 is 1.43 bits per heavy atom. The maximum Gasteiger partial charge on any atom is 0.341 e. The van der Waals surface area contributed by atoms with Crippen LogP contribution in [0.15, 0.2) is 28.5 Å². The summed E-state index contributed by atoms with van der Waals surface area (Å²) in [6.45, 7) is 4.11.